The van der Waals surface area contributed by atoms with Gasteiger partial charge >= 0.3 is 5.97 Å². The zero-order valence-electron chi connectivity index (χ0n) is 12.2. The fraction of sp³-hybridized carbons (Fsp3) is 0.400. The molecule has 20 heavy (non-hydrogen) atoms. The SMILES string of the molecule is COC(=O)C[C@H](C)C(=O)c1ccc(C(=S)N(C)C)cc1. The number of benzene rings is 1. The molecule has 0 aliphatic heterocycles. The van der Waals surface area contributed by atoms with Crippen LogP contribution in [0.2, 0.25) is 0 Å². The molecule has 0 N–H and O–H groups in total. The highest BCUT2D eigenvalue weighted by Gasteiger charge is 2.19. The number of methoxy groups -OCH3 is 1. The average molecular weight is 293 g/mol. The van der Waals surface area contributed by atoms with Crippen molar-refractivity contribution in [3.63, 3.8) is 0 Å². The highest BCUT2D eigenvalue weighted by Crippen LogP contribution is 2.14. The van der Waals surface area contributed by atoms with Crippen LogP contribution in [0.15, 0.2) is 24.3 Å². The first-order valence-corrected chi connectivity index (χ1v) is 6.70. The zero-order valence-corrected chi connectivity index (χ0v) is 13.0. The van der Waals surface area contributed by atoms with E-state index in [9.17, 15) is 9.59 Å². The van der Waals surface area contributed by atoms with E-state index in [2.05, 4.69) is 4.74 Å². The number of nitrogens with zero attached hydrogens (tertiary/aromatic N) is 1. The highest BCUT2D eigenvalue weighted by atomic mass is 32.1. The van der Waals surface area contributed by atoms with Gasteiger partial charge in [0.05, 0.1) is 13.5 Å². The van der Waals surface area contributed by atoms with Crippen molar-refractivity contribution in [2.24, 2.45) is 5.92 Å². The van der Waals surface area contributed by atoms with Crippen molar-refractivity contribution in [1.82, 2.24) is 4.90 Å². The first-order chi connectivity index (χ1) is 9.36. The average Bonchev–Trinajstić information content (AvgIpc) is 2.45. The van der Waals surface area contributed by atoms with Gasteiger partial charge in [0.15, 0.2) is 5.78 Å². The molecule has 108 valence electrons. The van der Waals surface area contributed by atoms with E-state index in [0.717, 1.165) is 5.56 Å². The molecule has 5 heteroatoms. The third kappa shape index (κ3) is 4.13. The first-order valence-electron chi connectivity index (χ1n) is 6.29. The van der Waals surface area contributed by atoms with Gasteiger partial charge in [-0.2, -0.15) is 0 Å². The molecule has 1 rings (SSSR count). The molecular weight excluding hydrogens is 274 g/mol. The smallest absolute Gasteiger partial charge is 0.306 e. The van der Waals surface area contributed by atoms with Crippen molar-refractivity contribution in [1.29, 1.82) is 0 Å². The lowest BCUT2D eigenvalue weighted by atomic mass is 9.96. The van der Waals surface area contributed by atoms with Gasteiger partial charge in [0, 0.05) is 31.1 Å². The molecule has 0 saturated carbocycles. The predicted octanol–water partition coefficient (Wildman–Crippen LogP) is 2.31. The molecule has 1 atom stereocenters. The van der Waals surface area contributed by atoms with Gasteiger partial charge in [-0.3, -0.25) is 9.59 Å². The van der Waals surface area contributed by atoms with E-state index < -0.39 is 5.92 Å². The first kappa shape index (κ1) is 16.3. The monoisotopic (exact) mass is 293 g/mol. The Morgan fingerprint density at radius 1 is 1.20 bits per heavy atom. The Hall–Kier alpha value is -1.75. The normalized spacial score (nSPS) is 11.6. The number of ether oxygens (including phenoxy) is 1. The second kappa shape index (κ2) is 7.14. The molecule has 0 unspecified atom stereocenters. The van der Waals surface area contributed by atoms with Crippen LogP contribution in [0.1, 0.15) is 29.3 Å². The molecule has 0 bridgehead atoms. The van der Waals surface area contributed by atoms with Crippen LogP contribution in [0.25, 0.3) is 0 Å². The van der Waals surface area contributed by atoms with Gasteiger partial charge in [-0.25, -0.2) is 0 Å². The lowest BCUT2D eigenvalue weighted by Gasteiger charge is -2.14. The Labute approximate surface area is 124 Å². The Balaban J connectivity index is 2.80. The van der Waals surface area contributed by atoms with Crippen molar-refractivity contribution >= 4 is 29.0 Å². The van der Waals surface area contributed by atoms with Crippen LogP contribution in [-0.2, 0) is 9.53 Å². The van der Waals surface area contributed by atoms with Gasteiger partial charge in [0.1, 0.15) is 4.99 Å². The minimum Gasteiger partial charge on any atom is -0.469 e. The van der Waals surface area contributed by atoms with Crippen LogP contribution in [0.5, 0.6) is 0 Å². The molecule has 0 radical (unpaired) electrons. The predicted molar refractivity (Wildman–Crippen MR) is 82.0 cm³/mol. The molecular formula is C15H19NO3S. The van der Waals surface area contributed by atoms with E-state index in [1.165, 1.54) is 7.11 Å². The van der Waals surface area contributed by atoms with E-state index in [1.54, 1.807) is 19.1 Å². The second-order valence-electron chi connectivity index (χ2n) is 4.82. The molecule has 0 saturated heterocycles. The lowest BCUT2D eigenvalue weighted by Crippen LogP contribution is -2.21. The maximum atomic E-state index is 12.2. The van der Waals surface area contributed by atoms with Crippen molar-refractivity contribution < 1.29 is 14.3 Å². The maximum absolute atomic E-state index is 12.2. The summed E-state index contributed by atoms with van der Waals surface area (Å²) in [5.74, 6) is -0.844. The van der Waals surface area contributed by atoms with Crippen LogP contribution in [0.4, 0.5) is 0 Å². The Morgan fingerprint density at radius 3 is 2.15 bits per heavy atom. The molecule has 1 aromatic carbocycles. The molecule has 0 fully saturated rings. The molecule has 1 aromatic rings. The molecule has 0 aromatic heterocycles. The number of esters is 1. The number of carbonyl (C=O) groups excluding carboxylic acids is 2. The van der Waals surface area contributed by atoms with Gasteiger partial charge in [-0.05, 0) is 0 Å². The molecule has 0 amide bonds. The minimum absolute atomic E-state index is 0.0716. The third-order valence-electron chi connectivity index (χ3n) is 2.97. The lowest BCUT2D eigenvalue weighted by molar-refractivity contribution is -0.141. The quantitative estimate of drug-likeness (QED) is 0.473. The van der Waals surface area contributed by atoms with Crippen molar-refractivity contribution in [2.75, 3.05) is 21.2 Å². The number of Topliss-reactive ketones (excluding diaryl/α,β-unsaturated/α-hetero) is 1. The summed E-state index contributed by atoms with van der Waals surface area (Å²) in [6, 6.07) is 7.11. The molecule has 0 aliphatic rings. The Morgan fingerprint density at radius 2 is 1.70 bits per heavy atom. The second-order valence-corrected chi connectivity index (χ2v) is 5.21. The van der Waals surface area contributed by atoms with E-state index in [4.69, 9.17) is 12.2 Å². The summed E-state index contributed by atoms with van der Waals surface area (Å²) in [6.07, 6.45) is 0.0905. The number of ketones is 1. The van der Waals surface area contributed by atoms with E-state index >= 15 is 0 Å². The van der Waals surface area contributed by atoms with Crippen molar-refractivity contribution in [3.8, 4) is 0 Å². The van der Waals surface area contributed by atoms with E-state index in [-0.39, 0.29) is 18.2 Å². The van der Waals surface area contributed by atoms with Crippen LogP contribution < -0.4 is 0 Å². The highest BCUT2D eigenvalue weighted by molar-refractivity contribution is 7.80. The summed E-state index contributed by atoms with van der Waals surface area (Å²) >= 11 is 5.26. The van der Waals surface area contributed by atoms with E-state index in [0.29, 0.717) is 10.6 Å². The van der Waals surface area contributed by atoms with Gasteiger partial charge in [0.2, 0.25) is 0 Å². The molecule has 0 aliphatic carbocycles. The van der Waals surface area contributed by atoms with Gasteiger partial charge in [0.25, 0.3) is 0 Å². The standard InChI is InChI=1S/C15H19NO3S/c1-10(9-13(17)19-4)14(18)11-5-7-12(8-6-11)15(20)16(2)3/h5-8,10H,9H2,1-4H3/t10-/m0/s1. The fourth-order valence-electron chi connectivity index (χ4n) is 1.75. The van der Waals surface area contributed by atoms with E-state index in [1.807, 2.05) is 31.1 Å². The van der Waals surface area contributed by atoms with Crippen LogP contribution in [0.3, 0.4) is 0 Å². The van der Waals surface area contributed by atoms with Crippen LogP contribution in [0, 0.1) is 5.92 Å². The number of hydrogen-bond acceptors (Lipinski definition) is 4. The summed E-state index contributed by atoms with van der Waals surface area (Å²) < 4.78 is 4.57. The van der Waals surface area contributed by atoms with Crippen LogP contribution in [-0.4, -0.2) is 42.8 Å². The van der Waals surface area contributed by atoms with Crippen molar-refractivity contribution in [3.05, 3.63) is 35.4 Å². The summed E-state index contributed by atoms with van der Waals surface area (Å²) in [5, 5.41) is 0. The number of thiocarbonyl (C=S) groups is 1. The number of carbonyl (C=O) groups is 2. The molecule has 0 heterocycles. The summed E-state index contributed by atoms with van der Waals surface area (Å²) in [5.41, 5.74) is 1.47. The van der Waals surface area contributed by atoms with Crippen molar-refractivity contribution in [2.45, 2.75) is 13.3 Å². The minimum atomic E-state index is -0.394. The maximum Gasteiger partial charge on any atom is 0.306 e. The third-order valence-corrected chi connectivity index (χ3v) is 3.57. The summed E-state index contributed by atoms with van der Waals surface area (Å²) in [6.45, 7) is 1.72. The number of rotatable bonds is 5. The van der Waals surface area contributed by atoms with Gasteiger partial charge in [-0.1, -0.05) is 43.4 Å². The Kier molecular flexibility index (Phi) is 5.82. The Bertz CT molecular complexity index is 508. The summed E-state index contributed by atoms with van der Waals surface area (Å²) in [7, 11) is 5.07. The summed E-state index contributed by atoms with van der Waals surface area (Å²) in [4.78, 5) is 25.9. The molecule has 0 spiro atoms. The fourth-order valence-corrected chi connectivity index (χ4v) is 1.88. The largest absolute Gasteiger partial charge is 0.469 e. The van der Waals surface area contributed by atoms with Gasteiger partial charge in [-0.15, -0.1) is 0 Å². The zero-order chi connectivity index (χ0) is 15.3. The topological polar surface area (TPSA) is 46.6 Å². The van der Waals surface area contributed by atoms with Crippen LogP contribution >= 0.6 is 12.2 Å². The molecule has 4 nitrogen and oxygen atoms in total. The van der Waals surface area contributed by atoms with Gasteiger partial charge < -0.3 is 9.64 Å². The number of hydrogen-bond donors (Lipinski definition) is 0.